The summed E-state index contributed by atoms with van der Waals surface area (Å²) in [4.78, 5) is 14.8. The molecule has 0 aromatic carbocycles. The standard InChI is InChI=1S/C7H9BrN4O.BrH/c8-3-7(13)11-5-1-2-6(12-9)10-4-5;/h1-2,4H,3,9H2,(H,10,12)(H,11,13);1H. The minimum absolute atomic E-state index is 0. The highest BCUT2D eigenvalue weighted by atomic mass is 79.9. The molecule has 0 unspecified atom stereocenters. The maximum absolute atomic E-state index is 10.9. The normalized spacial score (nSPS) is 8.71. The molecule has 0 saturated heterocycles. The Morgan fingerprint density at radius 1 is 1.57 bits per heavy atom. The minimum Gasteiger partial charge on any atom is -0.324 e. The third-order valence-electron chi connectivity index (χ3n) is 1.32. The second kappa shape index (κ2) is 6.74. The number of nitrogen functional groups attached to an aromatic ring is 1. The lowest BCUT2D eigenvalue weighted by Gasteiger charge is -2.03. The van der Waals surface area contributed by atoms with E-state index in [-0.39, 0.29) is 28.2 Å². The fourth-order valence-electron chi connectivity index (χ4n) is 0.748. The monoisotopic (exact) mass is 324 g/mol. The van der Waals surface area contributed by atoms with Crippen molar-refractivity contribution in [2.75, 3.05) is 16.1 Å². The van der Waals surface area contributed by atoms with Crippen LogP contribution in [0.3, 0.4) is 0 Å². The SMILES string of the molecule is Br.NNc1ccc(NC(=O)CBr)cn1. The lowest BCUT2D eigenvalue weighted by Crippen LogP contribution is -2.13. The van der Waals surface area contributed by atoms with Crippen LogP contribution in [0.2, 0.25) is 0 Å². The van der Waals surface area contributed by atoms with E-state index in [1.807, 2.05) is 0 Å². The molecule has 1 aromatic rings. The van der Waals surface area contributed by atoms with Gasteiger partial charge >= 0.3 is 0 Å². The summed E-state index contributed by atoms with van der Waals surface area (Å²) < 4.78 is 0. The fourth-order valence-corrected chi connectivity index (χ4v) is 0.888. The molecule has 7 heteroatoms. The highest BCUT2D eigenvalue weighted by Gasteiger charge is 1.99. The quantitative estimate of drug-likeness (QED) is 0.444. The van der Waals surface area contributed by atoms with Crippen LogP contribution in [0.25, 0.3) is 0 Å². The van der Waals surface area contributed by atoms with E-state index in [0.29, 0.717) is 11.5 Å². The lowest BCUT2D eigenvalue weighted by atomic mass is 10.4. The number of carbonyl (C=O) groups is 1. The van der Waals surface area contributed by atoms with Crippen LogP contribution in [0.5, 0.6) is 0 Å². The molecule has 1 amide bonds. The molecular formula is C7H10Br2N4O. The number of nitrogens with one attached hydrogen (secondary N) is 2. The van der Waals surface area contributed by atoms with Crippen LogP contribution in [0.4, 0.5) is 11.5 Å². The van der Waals surface area contributed by atoms with E-state index in [1.54, 1.807) is 12.1 Å². The number of hydrogen-bond acceptors (Lipinski definition) is 4. The summed E-state index contributed by atoms with van der Waals surface area (Å²) in [6.45, 7) is 0. The molecule has 0 fully saturated rings. The molecule has 4 N–H and O–H groups in total. The zero-order chi connectivity index (χ0) is 9.68. The number of amides is 1. The van der Waals surface area contributed by atoms with Crippen molar-refractivity contribution in [3.63, 3.8) is 0 Å². The van der Waals surface area contributed by atoms with Gasteiger partial charge in [0.15, 0.2) is 0 Å². The number of alkyl halides is 1. The molecular weight excluding hydrogens is 316 g/mol. The summed E-state index contributed by atoms with van der Waals surface area (Å²) >= 11 is 3.04. The number of rotatable bonds is 3. The predicted molar refractivity (Wildman–Crippen MR) is 64.8 cm³/mol. The lowest BCUT2D eigenvalue weighted by molar-refractivity contribution is -0.113. The molecule has 0 aliphatic heterocycles. The Morgan fingerprint density at radius 3 is 2.71 bits per heavy atom. The Bertz CT molecular complexity index is 290. The van der Waals surface area contributed by atoms with Crippen LogP contribution in [0.1, 0.15) is 0 Å². The zero-order valence-corrected chi connectivity index (χ0v) is 10.5. The average Bonchev–Trinajstić information content (AvgIpc) is 2.19. The Kier molecular flexibility index (Phi) is 6.43. The number of carbonyl (C=O) groups excluding carboxylic acids is 1. The first-order valence-electron chi connectivity index (χ1n) is 3.54. The number of hydrogen-bond donors (Lipinski definition) is 3. The summed E-state index contributed by atoms with van der Waals surface area (Å²) in [5.41, 5.74) is 3.03. The zero-order valence-electron chi connectivity index (χ0n) is 7.16. The molecule has 0 radical (unpaired) electrons. The summed E-state index contributed by atoms with van der Waals surface area (Å²) in [6.07, 6.45) is 1.52. The Morgan fingerprint density at radius 2 is 2.29 bits per heavy atom. The van der Waals surface area contributed by atoms with E-state index in [2.05, 4.69) is 31.7 Å². The molecule has 0 aliphatic carbocycles. The van der Waals surface area contributed by atoms with Crippen LogP contribution in [0.15, 0.2) is 18.3 Å². The van der Waals surface area contributed by atoms with Crippen LogP contribution in [-0.2, 0) is 4.79 Å². The second-order valence-electron chi connectivity index (χ2n) is 2.26. The van der Waals surface area contributed by atoms with E-state index in [9.17, 15) is 4.79 Å². The fraction of sp³-hybridized carbons (Fsp3) is 0.143. The highest BCUT2D eigenvalue weighted by Crippen LogP contribution is 2.08. The molecule has 0 saturated carbocycles. The van der Waals surface area contributed by atoms with Gasteiger partial charge in [0.2, 0.25) is 5.91 Å². The molecule has 0 aliphatic rings. The molecule has 14 heavy (non-hydrogen) atoms. The van der Waals surface area contributed by atoms with Crippen LogP contribution < -0.4 is 16.6 Å². The Hall–Kier alpha value is -0.660. The summed E-state index contributed by atoms with van der Waals surface area (Å²) in [5.74, 6) is 5.56. The molecule has 0 spiro atoms. The maximum atomic E-state index is 10.9. The number of nitrogens with two attached hydrogens (primary N) is 1. The van der Waals surface area contributed by atoms with Crippen molar-refractivity contribution < 1.29 is 4.79 Å². The number of pyridine rings is 1. The van der Waals surface area contributed by atoms with Gasteiger partial charge in [0.05, 0.1) is 17.2 Å². The van der Waals surface area contributed by atoms with Crippen molar-refractivity contribution in [2.45, 2.75) is 0 Å². The summed E-state index contributed by atoms with van der Waals surface area (Å²) in [7, 11) is 0. The number of halogens is 2. The van der Waals surface area contributed by atoms with Gasteiger partial charge in [0.25, 0.3) is 0 Å². The van der Waals surface area contributed by atoms with E-state index in [0.717, 1.165) is 0 Å². The van der Waals surface area contributed by atoms with Gasteiger partial charge in [0, 0.05) is 0 Å². The van der Waals surface area contributed by atoms with E-state index >= 15 is 0 Å². The topological polar surface area (TPSA) is 80.0 Å². The van der Waals surface area contributed by atoms with Crippen LogP contribution >= 0.6 is 32.9 Å². The Labute approximate surface area is 100 Å². The van der Waals surface area contributed by atoms with Gasteiger partial charge in [0.1, 0.15) is 5.82 Å². The first-order valence-corrected chi connectivity index (χ1v) is 4.67. The summed E-state index contributed by atoms with van der Waals surface area (Å²) in [6, 6.07) is 3.38. The third kappa shape index (κ3) is 4.03. The van der Waals surface area contributed by atoms with Crippen LogP contribution in [0, 0.1) is 0 Å². The van der Waals surface area contributed by atoms with Gasteiger partial charge in [-0.05, 0) is 12.1 Å². The van der Waals surface area contributed by atoms with Gasteiger partial charge in [-0.15, -0.1) is 17.0 Å². The number of aromatic nitrogens is 1. The average molecular weight is 326 g/mol. The smallest absolute Gasteiger partial charge is 0.235 e. The van der Waals surface area contributed by atoms with E-state index in [1.165, 1.54) is 6.20 Å². The molecule has 5 nitrogen and oxygen atoms in total. The number of hydrazine groups is 1. The predicted octanol–water partition coefficient (Wildman–Crippen LogP) is 1.28. The van der Waals surface area contributed by atoms with Gasteiger partial charge in [-0.25, -0.2) is 10.8 Å². The van der Waals surface area contributed by atoms with Gasteiger partial charge < -0.3 is 10.7 Å². The molecule has 0 bridgehead atoms. The van der Waals surface area contributed by atoms with Gasteiger partial charge in [-0.2, -0.15) is 0 Å². The van der Waals surface area contributed by atoms with Crippen molar-refractivity contribution in [2.24, 2.45) is 5.84 Å². The molecule has 1 aromatic heterocycles. The van der Waals surface area contributed by atoms with Gasteiger partial charge in [-0.3, -0.25) is 4.79 Å². The molecule has 1 heterocycles. The third-order valence-corrected chi connectivity index (χ3v) is 1.83. The molecule has 1 rings (SSSR count). The summed E-state index contributed by atoms with van der Waals surface area (Å²) in [5, 5.41) is 2.89. The second-order valence-corrected chi connectivity index (χ2v) is 2.82. The van der Waals surface area contributed by atoms with Crippen molar-refractivity contribution in [1.29, 1.82) is 0 Å². The number of nitrogens with zero attached hydrogens (tertiary/aromatic N) is 1. The number of anilines is 2. The van der Waals surface area contributed by atoms with Crippen LogP contribution in [-0.4, -0.2) is 16.2 Å². The minimum atomic E-state index is -0.116. The Balaban J connectivity index is 0.00000169. The van der Waals surface area contributed by atoms with Crippen molar-refractivity contribution in [3.05, 3.63) is 18.3 Å². The molecule has 78 valence electrons. The van der Waals surface area contributed by atoms with E-state index in [4.69, 9.17) is 5.84 Å². The van der Waals surface area contributed by atoms with Crippen molar-refractivity contribution >= 4 is 50.3 Å². The highest BCUT2D eigenvalue weighted by molar-refractivity contribution is 9.09. The first-order chi connectivity index (χ1) is 6.26. The van der Waals surface area contributed by atoms with Crippen molar-refractivity contribution in [3.8, 4) is 0 Å². The van der Waals surface area contributed by atoms with Crippen molar-refractivity contribution in [1.82, 2.24) is 4.98 Å². The van der Waals surface area contributed by atoms with E-state index < -0.39 is 0 Å². The van der Waals surface area contributed by atoms with Gasteiger partial charge in [-0.1, -0.05) is 15.9 Å². The first kappa shape index (κ1) is 13.3. The molecule has 0 atom stereocenters. The largest absolute Gasteiger partial charge is 0.324 e. The maximum Gasteiger partial charge on any atom is 0.235 e.